The highest BCUT2D eigenvalue weighted by molar-refractivity contribution is 5.60. The van der Waals surface area contributed by atoms with E-state index in [2.05, 4.69) is 9.97 Å². The number of aromatic nitrogens is 2. The normalized spacial score (nSPS) is 10.3. The number of benzene rings is 1. The Bertz CT molecular complexity index is 590. The van der Waals surface area contributed by atoms with Crippen molar-refractivity contribution in [1.29, 1.82) is 0 Å². The van der Waals surface area contributed by atoms with Gasteiger partial charge in [-0.3, -0.25) is 4.79 Å². The van der Waals surface area contributed by atoms with Crippen molar-refractivity contribution < 1.29 is 10.2 Å². The summed E-state index contributed by atoms with van der Waals surface area (Å²) in [6.45, 7) is 1.71. The first kappa shape index (κ1) is 10.2. The van der Waals surface area contributed by atoms with E-state index < -0.39 is 0 Å². The van der Waals surface area contributed by atoms with Crippen molar-refractivity contribution in [3.8, 4) is 22.9 Å². The van der Waals surface area contributed by atoms with Gasteiger partial charge in [0.05, 0.1) is 0 Å². The molecule has 0 aliphatic heterocycles. The third-order valence-corrected chi connectivity index (χ3v) is 2.12. The lowest BCUT2D eigenvalue weighted by Crippen LogP contribution is -2.08. The van der Waals surface area contributed by atoms with E-state index in [9.17, 15) is 9.90 Å². The van der Waals surface area contributed by atoms with Crippen LogP contribution in [-0.2, 0) is 0 Å². The van der Waals surface area contributed by atoms with Crippen LogP contribution in [0.1, 0.15) is 5.69 Å². The lowest BCUT2D eigenvalue weighted by molar-refractivity contribution is 0.404. The average Bonchev–Trinajstić information content (AvgIpc) is 2.20. The number of hydrogen-bond donors (Lipinski definition) is 3. The summed E-state index contributed by atoms with van der Waals surface area (Å²) in [4.78, 5) is 17.9. The first-order valence-corrected chi connectivity index (χ1v) is 4.66. The molecular weight excluding hydrogens is 208 g/mol. The molecule has 2 aromatic rings. The molecule has 0 fully saturated rings. The van der Waals surface area contributed by atoms with Gasteiger partial charge in [-0.2, -0.15) is 0 Å². The second-order valence-corrected chi connectivity index (χ2v) is 3.44. The second kappa shape index (κ2) is 3.69. The maximum atomic E-state index is 11.2. The molecule has 1 aromatic carbocycles. The van der Waals surface area contributed by atoms with Crippen molar-refractivity contribution in [3.63, 3.8) is 0 Å². The molecule has 5 heteroatoms. The molecular formula is C11H10N2O3. The largest absolute Gasteiger partial charge is 0.504 e. The molecule has 82 valence electrons. The van der Waals surface area contributed by atoms with E-state index in [-0.39, 0.29) is 17.1 Å². The first-order chi connectivity index (χ1) is 7.56. The van der Waals surface area contributed by atoms with Crippen LogP contribution in [0.2, 0.25) is 0 Å². The number of aromatic amines is 1. The maximum absolute atomic E-state index is 11.2. The first-order valence-electron chi connectivity index (χ1n) is 4.66. The minimum atomic E-state index is -0.255. The minimum Gasteiger partial charge on any atom is -0.504 e. The van der Waals surface area contributed by atoms with Crippen molar-refractivity contribution >= 4 is 0 Å². The third-order valence-electron chi connectivity index (χ3n) is 2.12. The summed E-state index contributed by atoms with van der Waals surface area (Å²) in [6.07, 6.45) is 0. The molecule has 0 aliphatic rings. The molecule has 5 nitrogen and oxygen atoms in total. The van der Waals surface area contributed by atoms with Crippen LogP contribution in [0.25, 0.3) is 11.4 Å². The Morgan fingerprint density at radius 2 is 1.94 bits per heavy atom. The molecule has 1 aromatic heterocycles. The van der Waals surface area contributed by atoms with Crippen LogP contribution >= 0.6 is 0 Å². The van der Waals surface area contributed by atoms with E-state index in [1.165, 1.54) is 18.2 Å². The van der Waals surface area contributed by atoms with Crippen LogP contribution in [0.5, 0.6) is 11.5 Å². The number of H-pyrrole nitrogens is 1. The van der Waals surface area contributed by atoms with Gasteiger partial charge < -0.3 is 15.2 Å². The topological polar surface area (TPSA) is 86.2 Å². The standard InChI is InChI=1S/C11H10N2O3/c1-6-4-10(16)13-11(12-6)7-2-3-8(14)9(15)5-7/h2-5,14-15H,1H3,(H,12,13,16). The maximum Gasteiger partial charge on any atom is 0.251 e. The highest BCUT2D eigenvalue weighted by Gasteiger charge is 2.05. The zero-order chi connectivity index (χ0) is 11.7. The fourth-order valence-corrected chi connectivity index (χ4v) is 1.39. The highest BCUT2D eigenvalue weighted by atomic mass is 16.3. The molecule has 2 rings (SSSR count). The molecule has 0 saturated carbocycles. The molecule has 3 N–H and O–H groups in total. The molecule has 0 atom stereocenters. The Hall–Kier alpha value is -2.30. The van der Waals surface area contributed by atoms with Gasteiger partial charge in [0.15, 0.2) is 11.5 Å². The summed E-state index contributed by atoms with van der Waals surface area (Å²) in [7, 11) is 0. The molecule has 1 heterocycles. The van der Waals surface area contributed by atoms with E-state index in [0.717, 1.165) is 0 Å². The van der Waals surface area contributed by atoms with Crippen molar-refractivity contribution in [1.82, 2.24) is 9.97 Å². The van der Waals surface area contributed by atoms with Crippen LogP contribution in [0.15, 0.2) is 29.1 Å². The van der Waals surface area contributed by atoms with Crippen LogP contribution in [-0.4, -0.2) is 20.2 Å². The number of hydrogen-bond acceptors (Lipinski definition) is 4. The van der Waals surface area contributed by atoms with E-state index in [4.69, 9.17) is 5.11 Å². The molecule has 0 saturated heterocycles. The number of rotatable bonds is 1. The zero-order valence-electron chi connectivity index (χ0n) is 8.56. The smallest absolute Gasteiger partial charge is 0.251 e. The second-order valence-electron chi connectivity index (χ2n) is 3.44. The van der Waals surface area contributed by atoms with Crippen molar-refractivity contribution in [2.24, 2.45) is 0 Å². The molecule has 0 unspecified atom stereocenters. The fraction of sp³-hybridized carbons (Fsp3) is 0.0909. The van der Waals surface area contributed by atoms with Gasteiger partial charge in [-0.1, -0.05) is 0 Å². The Labute approximate surface area is 91.0 Å². The third kappa shape index (κ3) is 1.88. The molecule has 16 heavy (non-hydrogen) atoms. The summed E-state index contributed by atoms with van der Waals surface area (Å²) in [6, 6.07) is 5.62. The molecule has 0 spiro atoms. The van der Waals surface area contributed by atoms with Crippen LogP contribution < -0.4 is 5.56 Å². The van der Waals surface area contributed by atoms with Crippen molar-refractivity contribution in [3.05, 3.63) is 40.3 Å². The summed E-state index contributed by atoms with van der Waals surface area (Å²) >= 11 is 0. The van der Waals surface area contributed by atoms with Gasteiger partial charge in [-0.25, -0.2) is 4.98 Å². The molecule has 0 radical (unpaired) electrons. The van der Waals surface area contributed by atoms with Crippen molar-refractivity contribution in [2.75, 3.05) is 0 Å². The van der Waals surface area contributed by atoms with E-state index in [1.807, 2.05) is 0 Å². The predicted octanol–water partition coefficient (Wildman–Crippen LogP) is 1.16. The Balaban J connectivity index is 2.58. The van der Waals surface area contributed by atoms with Crippen LogP contribution in [0, 0.1) is 6.92 Å². The number of aromatic hydroxyl groups is 2. The molecule has 0 bridgehead atoms. The number of phenols is 2. The van der Waals surface area contributed by atoms with Gasteiger partial charge in [0.2, 0.25) is 0 Å². The van der Waals surface area contributed by atoms with E-state index >= 15 is 0 Å². The molecule has 0 amide bonds. The van der Waals surface area contributed by atoms with Gasteiger partial charge >= 0.3 is 0 Å². The summed E-state index contributed by atoms with van der Waals surface area (Å²) < 4.78 is 0. The Morgan fingerprint density at radius 3 is 2.56 bits per heavy atom. The van der Waals surface area contributed by atoms with Gasteiger partial charge in [-0.05, 0) is 25.1 Å². The number of phenolic OH excluding ortho intramolecular Hbond substituents is 2. The molecule has 0 aliphatic carbocycles. The number of nitrogens with one attached hydrogen (secondary N) is 1. The average molecular weight is 218 g/mol. The van der Waals surface area contributed by atoms with Gasteiger partial charge in [-0.15, -0.1) is 0 Å². The quantitative estimate of drug-likeness (QED) is 0.627. The predicted molar refractivity (Wildman–Crippen MR) is 58.4 cm³/mol. The fourth-order valence-electron chi connectivity index (χ4n) is 1.39. The van der Waals surface area contributed by atoms with Gasteiger partial charge in [0.1, 0.15) is 5.82 Å². The number of aryl methyl sites for hydroxylation is 1. The van der Waals surface area contributed by atoms with Gasteiger partial charge in [0, 0.05) is 17.3 Å². The van der Waals surface area contributed by atoms with E-state index in [1.54, 1.807) is 13.0 Å². The number of nitrogens with zero attached hydrogens (tertiary/aromatic N) is 1. The summed E-state index contributed by atoms with van der Waals surface area (Å²) in [5.41, 5.74) is 0.873. The van der Waals surface area contributed by atoms with E-state index in [0.29, 0.717) is 17.1 Å². The summed E-state index contributed by atoms with van der Waals surface area (Å²) in [5.74, 6) is -0.0966. The SMILES string of the molecule is Cc1cc(=O)[nH]c(-c2ccc(O)c(O)c2)n1. The summed E-state index contributed by atoms with van der Waals surface area (Å²) in [5, 5.41) is 18.5. The lowest BCUT2D eigenvalue weighted by Gasteiger charge is -2.03. The van der Waals surface area contributed by atoms with Gasteiger partial charge in [0.25, 0.3) is 5.56 Å². The Morgan fingerprint density at radius 1 is 1.19 bits per heavy atom. The highest BCUT2D eigenvalue weighted by Crippen LogP contribution is 2.28. The van der Waals surface area contributed by atoms with Crippen LogP contribution in [0.3, 0.4) is 0 Å². The van der Waals surface area contributed by atoms with Crippen molar-refractivity contribution in [2.45, 2.75) is 6.92 Å². The van der Waals surface area contributed by atoms with Crippen LogP contribution in [0.4, 0.5) is 0 Å². The zero-order valence-corrected chi connectivity index (χ0v) is 8.56. The lowest BCUT2D eigenvalue weighted by atomic mass is 10.2. The Kier molecular flexibility index (Phi) is 2.36. The minimum absolute atomic E-state index is 0.209. The monoisotopic (exact) mass is 218 g/mol.